The van der Waals surface area contributed by atoms with E-state index in [0.29, 0.717) is 31.3 Å². The van der Waals surface area contributed by atoms with Gasteiger partial charge in [0.05, 0.1) is 13.2 Å². The molecule has 2 bridgehead atoms. The van der Waals surface area contributed by atoms with Crippen LogP contribution in [-0.2, 0) is 26.2 Å². The first-order valence-electron chi connectivity index (χ1n) is 13.2. The Morgan fingerprint density at radius 1 is 1.03 bits per heavy atom. The van der Waals surface area contributed by atoms with Crippen molar-refractivity contribution in [2.24, 2.45) is 0 Å². The molecule has 1 spiro atoms. The maximum absolute atomic E-state index is 12.9. The second kappa shape index (κ2) is 8.83. The van der Waals surface area contributed by atoms with E-state index in [1.165, 1.54) is 11.1 Å². The number of hydrogen-bond acceptors (Lipinski definition) is 5. The van der Waals surface area contributed by atoms with Crippen LogP contribution in [0.4, 0.5) is 4.79 Å². The van der Waals surface area contributed by atoms with Crippen molar-refractivity contribution in [1.29, 1.82) is 0 Å². The van der Waals surface area contributed by atoms with Gasteiger partial charge in [-0.25, -0.2) is 4.79 Å². The summed E-state index contributed by atoms with van der Waals surface area (Å²) in [5.41, 5.74) is 2.85. The Morgan fingerprint density at radius 2 is 1.76 bits per heavy atom. The molecule has 184 valence electrons. The van der Waals surface area contributed by atoms with Gasteiger partial charge in [-0.05, 0) is 62.7 Å². The van der Waals surface area contributed by atoms with Crippen LogP contribution in [0.15, 0.2) is 24.3 Å². The zero-order valence-electron chi connectivity index (χ0n) is 20.3. The second-order valence-electron chi connectivity index (χ2n) is 11.1. The molecule has 0 aromatic heterocycles. The molecule has 6 rings (SSSR count). The number of fused-ring (bicyclic) bond motifs is 4. The van der Waals surface area contributed by atoms with Crippen molar-refractivity contribution in [3.05, 3.63) is 35.4 Å². The van der Waals surface area contributed by atoms with Crippen LogP contribution in [0.25, 0.3) is 0 Å². The molecule has 2 amide bonds. The highest BCUT2D eigenvalue weighted by Crippen LogP contribution is 2.44. The summed E-state index contributed by atoms with van der Waals surface area (Å²) in [6.07, 6.45) is 7.09. The van der Waals surface area contributed by atoms with E-state index < -0.39 is 0 Å². The Labute approximate surface area is 202 Å². The maximum Gasteiger partial charge on any atom is 0.410 e. The highest BCUT2D eigenvalue weighted by molar-refractivity contribution is 5.74. The molecule has 5 heterocycles. The minimum absolute atomic E-state index is 0.0733. The predicted octanol–water partition coefficient (Wildman–Crippen LogP) is 3.30. The number of amides is 2. The summed E-state index contributed by atoms with van der Waals surface area (Å²) in [5, 5.41) is 0. The van der Waals surface area contributed by atoms with Crippen molar-refractivity contribution in [2.45, 2.75) is 88.1 Å². The molecule has 1 aromatic carbocycles. The summed E-state index contributed by atoms with van der Waals surface area (Å²) in [6.45, 7) is 6.64. The van der Waals surface area contributed by atoms with Crippen LogP contribution in [0.2, 0.25) is 0 Å². The molecular weight excluding hydrogens is 430 g/mol. The SMILES string of the molecule is CC(=O)N1Cc2ccccc2C2(CCN(C3CC4CCC(C3)N4C(=O)OC3CCOC3)CC2)C1. The van der Waals surface area contributed by atoms with Crippen LogP contribution in [0.5, 0.6) is 0 Å². The Morgan fingerprint density at radius 3 is 2.44 bits per heavy atom. The lowest BCUT2D eigenvalue weighted by Crippen LogP contribution is -2.57. The molecule has 3 unspecified atom stereocenters. The van der Waals surface area contributed by atoms with E-state index in [1.54, 1.807) is 6.92 Å². The summed E-state index contributed by atoms with van der Waals surface area (Å²) in [7, 11) is 0. The van der Waals surface area contributed by atoms with Gasteiger partial charge in [0.15, 0.2) is 0 Å². The lowest BCUT2D eigenvalue weighted by atomic mass is 9.68. The minimum Gasteiger partial charge on any atom is -0.444 e. The van der Waals surface area contributed by atoms with Gasteiger partial charge in [0.2, 0.25) is 5.91 Å². The number of ether oxygens (including phenoxy) is 2. The number of carbonyl (C=O) groups excluding carboxylic acids is 2. The highest BCUT2D eigenvalue weighted by atomic mass is 16.6. The van der Waals surface area contributed by atoms with E-state index in [0.717, 1.165) is 71.1 Å². The molecule has 34 heavy (non-hydrogen) atoms. The minimum atomic E-state index is -0.123. The van der Waals surface area contributed by atoms with E-state index in [2.05, 4.69) is 34.1 Å². The Balaban J connectivity index is 1.11. The van der Waals surface area contributed by atoms with Gasteiger partial charge in [-0.2, -0.15) is 0 Å². The van der Waals surface area contributed by atoms with Crippen LogP contribution in [-0.4, -0.2) is 83.8 Å². The van der Waals surface area contributed by atoms with Gasteiger partial charge in [0, 0.05) is 50.0 Å². The fourth-order valence-electron chi connectivity index (χ4n) is 7.41. The lowest BCUT2D eigenvalue weighted by Gasteiger charge is -2.51. The monoisotopic (exact) mass is 467 g/mol. The third kappa shape index (κ3) is 3.91. The molecule has 0 radical (unpaired) electrons. The number of nitrogens with zero attached hydrogens (tertiary/aromatic N) is 3. The van der Waals surface area contributed by atoms with Gasteiger partial charge in [-0.15, -0.1) is 0 Å². The number of carbonyl (C=O) groups is 2. The van der Waals surface area contributed by atoms with Crippen molar-refractivity contribution in [3.63, 3.8) is 0 Å². The lowest BCUT2D eigenvalue weighted by molar-refractivity contribution is -0.131. The van der Waals surface area contributed by atoms with Crippen LogP contribution < -0.4 is 0 Å². The van der Waals surface area contributed by atoms with Gasteiger partial charge < -0.3 is 24.2 Å². The number of likely N-dealkylation sites (tertiary alicyclic amines) is 1. The molecule has 4 saturated heterocycles. The molecule has 5 aliphatic rings. The average Bonchev–Trinajstić information content (AvgIpc) is 3.44. The molecule has 3 atom stereocenters. The van der Waals surface area contributed by atoms with Crippen molar-refractivity contribution >= 4 is 12.0 Å². The molecule has 0 N–H and O–H groups in total. The van der Waals surface area contributed by atoms with Gasteiger partial charge in [0.25, 0.3) is 0 Å². The molecular formula is C27H37N3O4. The third-order valence-electron chi connectivity index (χ3n) is 9.23. The van der Waals surface area contributed by atoms with Gasteiger partial charge in [0.1, 0.15) is 6.10 Å². The van der Waals surface area contributed by atoms with Crippen molar-refractivity contribution in [3.8, 4) is 0 Å². The topological polar surface area (TPSA) is 62.3 Å². The van der Waals surface area contributed by atoms with Crippen LogP contribution in [0.3, 0.4) is 0 Å². The van der Waals surface area contributed by atoms with Crippen molar-refractivity contribution < 1.29 is 19.1 Å². The Kier molecular flexibility index (Phi) is 5.80. The maximum atomic E-state index is 12.9. The average molecular weight is 468 g/mol. The first-order valence-corrected chi connectivity index (χ1v) is 13.2. The zero-order chi connectivity index (χ0) is 23.3. The molecule has 7 nitrogen and oxygen atoms in total. The third-order valence-corrected chi connectivity index (χ3v) is 9.23. The quantitative estimate of drug-likeness (QED) is 0.668. The molecule has 0 saturated carbocycles. The van der Waals surface area contributed by atoms with Crippen molar-refractivity contribution in [2.75, 3.05) is 32.8 Å². The predicted molar refractivity (Wildman–Crippen MR) is 127 cm³/mol. The normalized spacial score (nSPS) is 32.6. The fourth-order valence-corrected chi connectivity index (χ4v) is 7.41. The van der Waals surface area contributed by atoms with E-state index in [9.17, 15) is 9.59 Å². The van der Waals surface area contributed by atoms with Crippen LogP contribution >= 0.6 is 0 Å². The van der Waals surface area contributed by atoms with Crippen LogP contribution in [0, 0.1) is 0 Å². The number of piperidine rings is 2. The van der Waals surface area contributed by atoms with Gasteiger partial charge in [-0.1, -0.05) is 24.3 Å². The number of hydrogen-bond donors (Lipinski definition) is 0. The summed E-state index contributed by atoms with van der Waals surface area (Å²) in [6, 6.07) is 9.89. The molecule has 1 aromatic rings. The van der Waals surface area contributed by atoms with Gasteiger partial charge >= 0.3 is 6.09 Å². The number of rotatable bonds is 2. The molecule has 0 aliphatic carbocycles. The zero-order valence-corrected chi connectivity index (χ0v) is 20.3. The van der Waals surface area contributed by atoms with E-state index >= 15 is 0 Å². The second-order valence-corrected chi connectivity index (χ2v) is 11.1. The first kappa shape index (κ1) is 22.4. The van der Waals surface area contributed by atoms with Crippen LogP contribution in [0.1, 0.15) is 63.0 Å². The first-order chi connectivity index (χ1) is 16.5. The standard InChI is InChI=1S/C27H37N3O4/c1-19(31)29-16-20-4-2-3-5-25(20)27(18-29)9-11-28(12-10-27)23-14-21-6-7-22(15-23)30(21)26(32)34-24-8-13-33-17-24/h2-5,21-24H,6-18H2,1H3. The smallest absolute Gasteiger partial charge is 0.410 e. The largest absolute Gasteiger partial charge is 0.444 e. The van der Waals surface area contributed by atoms with E-state index in [-0.39, 0.29) is 23.5 Å². The Bertz CT molecular complexity index is 924. The van der Waals surface area contributed by atoms with E-state index in [4.69, 9.17) is 9.47 Å². The summed E-state index contributed by atoms with van der Waals surface area (Å²) in [4.78, 5) is 32.0. The number of benzene rings is 1. The van der Waals surface area contributed by atoms with Gasteiger partial charge in [-0.3, -0.25) is 4.79 Å². The van der Waals surface area contributed by atoms with E-state index in [1.807, 2.05) is 4.90 Å². The Hall–Kier alpha value is -2.12. The fraction of sp³-hybridized carbons (Fsp3) is 0.704. The highest BCUT2D eigenvalue weighted by Gasteiger charge is 2.48. The van der Waals surface area contributed by atoms with Crippen molar-refractivity contribution in [1.82, 2.24) is 14.7 Å². The summed E-state index contributed by atoms with van der Waals surface area (Å²) >= 11 is 0. The molecule has 7 heteroatoms. The summed E-state index contributed by atoms with van der Waals surface area (Å²) < 4.78 is 11.1. The summed E-state index contributed by atoms with van der Waals surface area (Å²) in [5.74, 6) is 0.177. The molecule has 5 aliphatic heterocycles. The molecule has 4 fully saturated rings.